The van der Waals surface area contributed by atoms with Crippen LogP contribution in [0.2, 0.25) is 0 Å². The summed E-state index contributed by atoms with van der Waals surface area (Å²) in [6, 6.07) is 11.1. The highest BCUT2D eigenvalue weighted by molar-refractivity contribution is 6.02. The van der Waals surface area contributed by atoms with Crippen molar-refractivity contribution in [3.05, 3.63) is 42.0 Å². The molecule has 0 unspecified atom stereocenters. The molecule has 3 N–H and O–H groups in total. The number of nitrogens with zero attached hydrogens (tertiary/aromatic N) is 1. The number of hydrogen-bond donors (Lipinski definition) is 3. The number of rotatable bonds is 4. The third-order valence-corrected chi connectivity index (χ3v) is 2.69. The fourth-order valence-corrected chi connectivity index (χ4v) is 1.74. The van der Waals surface area contributed by atoms with Crippen molar-refractivity contribution in [2.45, 2.75) is 6.10 Å². The summed E-state index contributed by atoms with van der Waals surface area (Å²) in [5, 5.41) is 29.6. The predicted octanol–water partition coefficient (Wildman–Crippen LogP) is 1.32. The van der Waals surface area contributed by atoms with Crippen LogP contribution in [0.15, 0.2) is 41.4 Å². The number of hydrogen-bond acceptors (Lipinski definition) is 4. The van der Waals surface area contributed by atoms with Crippen LogP contribution in [0.4, 0.5) is 0 Å². The fourth-order valence-electron chi connectivity index (χ4n) is 1.74. The van der Waals surface area contributed by atoms with Crippen LogP contribution in [-0.2, 0) is 0 Å². The molecule has 2 aromatic carbocycles. The minimum absolute atomic E-state index is 0.110. The van der Waals surface area contributed by atoms with E-state index in [1.807, 2.05) is 30.3 Å². The minimum Gasteiger partial charge on any atom is -0.507 e. The maximum absolute atomic E-state index is 9.83. The van der Waals surface area contributed by atoms with E-state index in [9.17, 15) is 10.2 Å². The number of aliphatic hydroxyl groups is 2. The van der Waals surface area contributed by atoms with Gasteiger partial charge in [-0.1, -0.05) is 30.3 Å². The molecule has 0 spiro atoms. The second kappa shape index (κ2) is 5.62. The van der Waals surface area contributed by atoms with E-state index < -0.39 is 6.10 Å². The first-order valence-corrected chi connectivity index (χ1v) is 5.72. The highest BCUT2D eigenvalue weighted by atomic mass is 16.3. The summed E-state index contributed by atoms with van der Waals surface area (Å²) < 4.78 is 0. The van der Waals surface area contributed by atoms with Gasteiger partial charge in [0, 0.05) is 11.8 Å². The summed E-state index contributed by atoms with van der Waals surface area (Å²) in [5.74, 6) is 0.149. The highest BCUT2D eigenvalue weighted by Crippen LogP contribution is 2.25. The van der Waals surface area contributed by atoms with E-state index in [1.165, 1.54) is 6.21 Å². The Morgan fingerprint density at radius 3 is 2.72 bits per heavy atom. The molecule has 0 aliphatic heterocycles. The van der Waals surface area contributed by atoms with Crippen molar-refractivity contribution >= 4 is 17.0 Å². The number of aliphatic imine (C=N–C) groups is 1. The van der Waals surface area contributed by atoms with Gasteiger partial charge in [-0.15, -0.1) is 0 Å². The third kappa shape index (κ3) is 2.67. The summed E-state index contributed by atoms with van der Waals surface area (Å²) in [5.41, 5.74) is 0.623. The molecule has 94 valence electrons. The second-order valence-electron chi connectivity index (χ2n) is 4.05. The van der Waals surface area contributed by atoms with E-state index in [0.717, 1.165) is 10.8 Å². The van der Waals surface area contributed by atoms with Crippen LogP contribution in [0, 0.1) is 0 Å². The first kappa shape index (κ1) is 12.5. The molecule has 0 radical (unpaired) electrons. The fraction of sp³-hybridized carbons (Fsp3) is 0.214. The molecule has 18 heavy (non-hydrogen) atoms. The van der Waals surface area contributed by atoms with E-state index >= 15 is 0 Å². The minimum atomic E-state index is -0.863. The monoisotopic (exact) mass is 245 g/mol. The summed E-state index contributed by atoms with van der Waals surface area (Å²) in [4.78, 5) is 4.03. The molecule has 0 amide bonds. The summed E-state index contributed by atoms with van der Waals surface area (Å²) in [7, 11) is 0. The van der Waals surface area contributed by atoms with Crippen LogP contribution in [0.3, 0.4) is 0 Å². The zero-order valence-corrected chi connectivity index (χ0v) is 9.82. The van der Waals surface area contributed by atoms with Crippen LogP contribution in [-0.4, -0.2) is 40.8 Å². The van der Waals surface area contributed by atoms with Crippen molar-refractivity contribution in [3.8, 4) is 5.75 Å². The summed E-state index contributed by atoms with van der Waals surface area (Å²) >= 11 is 0. The molecule has 0 heterocycles. The first-order valence-electron chi connectivity index (χ1n) is 5.72. The van der Waals surface area contributed by atoms with E-state index in [-0.39, 0.29) is 18.9 Å². The molecule has 0 saturated carbocycles. The molecule has 2 rings (SSSR count). The van der Waals surface area contributed by atoms with Gasteiger partial charge in [0.2, 0.25) is 0 Å². The van der Waals surface area contributed by atoms with Gasteiger partial charge < -0.3 is 15.3 Å². The van der Waals surface area contributed by atoms with E-state index in [1.54, 1.807) is 6.07 Å². The Bertz CT molecular complexity index is 566. The quantitative estimate of drug-likeness (QED) is 0.711. The largest absolute Gasteiger partial charge is 0.507 e. The number of aromatic hydroxyl groups is 1. The van der Waals surface area contributed by atoms with Crippen molar-refractivity contribution in [2.75, 3.05) is 13.2 Å². The SMILES string of the molecule is OC[C@H](O)CN=Cc1c(O)ccc2ccccc12. The normalized spacial score (nSPS) is 13.2. The van der Waals surface area contributed by atoms with Gasteiger partial charge in [-0.2, -0.15) is 0 Å². The van der Waals surface area contributed by atoms with E-state index in [4.69, 9.17) is 5.11 Å². The maximum atomic E-state index is 9.83. The Morgan fingerprint density at radius 2 is 1.94 bits per heavy atom. The van der Waals surface area contributed by atoms with Gasteiger partial charge in [0.05, 0.1) is 19.3 Å². The summed E-state index contributed by atoms with van der Waals surface area (Å²) in [6.07, 6.45) is 0.662. The molecule has 2 aromatic rings. The average molecular weight is 245 g/mol. The van der Waals surface area contributed by atoms with Gasteiger partial charge in [-0.25, -0.2) is 0 Å². The molecular formula is C14H15NO3. The molecule has 0 saturated heterocycles. The van der Waals surface area contributed by atoms with Gasteiger partial charge in [0.15, 0.2) is 0 Å². The lowest BCUT2D eigenvalue weighted by Gasteiger charge is -2.05. The molecule has 0 aliphatic carbocycles. The third-order valence-electron chi connectivity index (χ3n) is 2.69. The first-order chi connectivity index (χ1) is 8.72. The molecular weight excluding hydrogens is 230 g/mol. The van der Waals surface area contributed by atoms with Crippen LogP contribution >= 0.6 is 0 Å². The van der Waals surface area contributed by atoms with Crippen molar-refractivity contribution in [1.82, 2.24) is 0 Å². The van der Waals surface area contributed by atoms with Gasteiger partial charge in [-0.05, 0) is 16.8 Å². The Morgan fingerprint density at radius 1 is 1.17 bits per heavy atom. The van der Waals surface area contributed by atoms with Crippen LogP contribution in [0.5, 0.6) is 5.75 Å². The molecule has 0 fully saturated rings. The number of aliphatic hydroxyl groups excluding tert-OH is 2. The Kier molecular flexibility index (Phi) is 3.92. The molecule has 0 aromatic heterocycles. The summed E-state index contributed by atoms with van der Waals surface area (Å²) in [6.45, 7) is -0.210. The topological polar surface area (TPSA) is 73.0 Å². The lowest BCUT2D eigenvalue weighted by molar-refractivity contribution is 0.102. The standard InChI is InChI=1S/C14H15NO3/c16-9-11(17)7-15-8-13-12-4-2-1-3-10(12)5-6-14(13)18/h1-6,8,11,16-18H,7,9H2/t11-/m1/s1. The van der Waals surface area contributed by atoms with Crippen molar-refractivity contribution in [1.29, 1.82) is 0 Å². The average Bonchev–Trinajstić information content (AvgIpc) is 2.41. The van der Waals surface area contributed by atoms with Gasteiger partial charge >= 0.3 is 0 Å². The Hall–Kier alpha value is -1.91. The molecule has 0 aliphatic rings. The van der Waals surface area contributed by atoms with Crippen molar-refractivity contribution < 1.29 is 15.3 Å². The molecule has 0 bridgehead atoms. The van der Waals surface area contributed by atoms with E-state index in [2.05, 4.69) is 4.99 Å². The smallest absolute Gasteiger partial charge is 0.124 e. The number of fused-ring (bicyclic) bond motifs is 1. The maximum Gasteiger partial charge on any atom is 0.124 e. The lowest BCUT2D eigenvalue weighted by atomic mass is 10.0. The van der Waals surface area contributed by atoms with Gasteiger partial charge in [-0.3, -0.25) is 4.99 Å². The predicted molar refractivity (Wildman–Crippen MR) is 71.2 cm³/mol. The van der Waals surface area contributed by atoms with Crippen molar-refractivity contribution in [3.63, 3.8) is 0 Å². The molecule has 4 nitrogen and oxygen atoms in total. The molecule has 4 heteroatoms. The van der Waals surface area contributed by atoms with Crippen molar-refractivity contribution in [2.24, 2.45) is 4.99 Å². The second-order valence-corrected chi connectivity index (χ2v) is 4.05. The van der Waals surface area contributed by atoms with E-state index in [0.29, 0.717) is 5.56 Å². The number of benzene rings is 2. The Balaban J connectivity index is 2.34. The Labute approximate surface area is 105 Å². The number of phenols is 1. The van der Waals surface area contributed by atoms with Gasteiger partial charge in [0.1, 0.15) is 5.75 Å². The van der Waals surface area contributed by atoms with Crippen LogP contribution in [0.1, 0.15) is 5.56 Å². The zero-order chi connectivity index (χ0) is 13.0. The van der Waals surface area contributed by atoms with Crippen LogP contribution in [0.25, 0.3) is 10.8 Å². The zero-order valence-electron chi connectivity index (χ0n) is 9.82. The highest BCUT2D eigenvalue weighted by Gasteiger charge is 2.04. The molecule has 1 atom stereocenters. The lowest BCUT2D eigenvalue weighted by Crippen LogP contribution is -2.15. The number of phenolic OH excluding ortho intramolecular Hbond substituents is 1. The van der Waals surface area contributed by atoms with Crippen LogP contribution < -0.4 is 0 Å². The van der Waals surface area contributed by atoms with Gasteiger partial charge in [0.25, 0.3) is 0 Å².